The SMILES string of the molecule is CCCNS(=O)(=O)c1ccc(C(=O)Nc2ccc(OC)c(Cl)c2)cc1. The zero-order chi connectivity index (χ0) is 18.4. The number of carbonyl (C=O) groups is 1. The van der Waals surface area contributed by atoms with Crippen molar-refractivity contribution in [3.63, 3.8) is 0 Å². The highest BCUT2D eigenvalue weighted by Crippen LogP contribution is 2.27. The molecular weight excluding hydrogens is 364 g/mol. The average Bonchev–Trinajstić information content (AvgIpc) is 2.60. The summed E-state index contributed by atoms with van der Waals surface area (Å²) in [6.45, 7) is 2.24. The highest BCUT2D eigenvalue weighted by molar-refractivity contribution is 7.89. The van der Waals surface area contributed by atoms with E-state index >= 15 is 0 Å². The van der Waals surface area contributed by atoms with Crippen LogP contribution in [0.2, 0.25) is 5.02 Å². The summed E-state index contributed by atoms with van der Waals surface area (Å²) in [4.78, 5) is 12.4. The van der Waals surface area contributed by atoms with Crippen molar-refractivity contribution < 1.29 is 17.9 Å². The van der Waals surface area contributed by atoms with Gasteiger partial charge in [0, 0.05) is 17.8 Å². The molecule has 0 saturated heterocycles. The van der Waals surface area contributed by atoms with Gasteiger partial charge in [-0.3, -0.25) is 4.79 Å². The van der Waals surface area contributed by atoms with Crippen molar-refractivity contribution in [1.82, 2.24) is 4.72 Å². The fraction of sp³-hybridized carbons (Fsp3) is 0.235. The van der Waals surface area contributed by atoms with E-state index in [1.54, 1.807) is 18.2 Å². The number of rotatable bonds is 7. The van der Waals surface area contributed by atoms with Gasteiger partial charge in [0.05, 0.1) is 17.0 Å². The van der Waals surface area contributed by atoms with Gasteiger partial charge in [-0.05, 0) is 48.9 Å². The van der Waals surface area contributed by atoms with Crippen LogP contribution in [-0.4, -0.2) is 28.0 Å². The van der Waals surface area contributed by atoms with Gasteiger partial charge >= 0.3 is 0 Å². The minimum atomic E-state index is -3.55. The Labute approximate surface area is 152 Å². The molecular formula is C17H19ClN2O4S. The van der Waals surface area contributed by atoms with E-state index in [2.05, 4.69) is 10.0 Å². The van der Waals surface area contributed by atoms with Crippen molar-refractivity contribution in [2.45, 2.75) is 18.2 Å². The van der Waals surface area contributed by atoms with Gasteiger partial charge in [0.15, 0.2) is 0 Å². The molecule has 0 aliphatic heterocycles. The fourth-order valence-corrected chi connectivity index (χ4v) is 3.44. The topological polar surface area (TPSA) is 84.5 Å². The number of sulfonamides is 1. The van der Waals surface area contributed by atoms with Crippen LogP contribution < -0.4 is 14.8 Å². The zero-order valence-corrected chi connectivity index (χ0v) is 15.4. The Balaban J connectivity index is 2.11. The average molecular weight is 383 g/mol. The summed E-state index contributed by atoms with van der Waals surface area (Å²) in [6.07, 6.45) is 0.699. The van der Waals surface area contributed by atoms with Gasteiger partial charge in [-0.2, -0.15) is 0 Å². The molecule has 0 aromatic heterocycles. The maximum atomic E-state index is 12.3. The second kappa shape index (κ2) is 8.33. The first-order valence-corrected chi connectivity index (χ1v) is 9.48. The minimum absolute atomic E-state index is 0.116. The first kappa shape index (κ1) is 19.2. The minimum Gasteiger partial charge on any atom is -0.495 e. The predicted molar refractivity (Wildman–Crippen MR) is 97.9 cm³/mol. The van der Waals surface area contributed by atoms with E-state index < -0.39 is 10.0 Å². The van der Waals surface area contributed by atoms with Gasteiger partial charge in [-0.1, -0.05) is 18.5 Å². The molecule has 2 rings (SSSR count). The van der Waals surface area contributed by atoms with Gasteiger partial charge < -0.3 is 10.1 Å². The molecule has 0 heterocycles. The van der Waals surface area contributed by atoms with Crippen molar-refractivity contribution >= 4 is 33.2 Å². The molecule has 0 aliphatic carbocycles. The van der Waals surface area contributed by atoms with Gasteiger partial charge in [-0.15, -0.1) is 0 Å². The second-order valence-electron chi connectivity index (χ2n) is 5.23. The first-order valence-electron chi connectivity index (χ1n) is 7.62. The lowest BCUT2D eigenvalue weighted by molar-refractivity contribution is 0.102. The number of carbonyl (C=O) groups excluding carboxylic acids is 1. The molecule has 0 fully saturated rings. The van der Waals surface area contributed by atoms with E-state index in [-0.39, 0.29) is 10.8 Å². The van der Waals surface area contributed by atoms with Crippen LogP contribution in [0.5, 0.6) is 5.75 Å². The fourth-order valence-electron chi connectivity index (χ4n) is 2.05. The molecule has 6 nitrogen and oxygen atoms in total. The standard InChI is InChI=1S/C17H19ClN2O4S/c1-3-10-19-25(22,23)14-7-4-12(5-8-14)17(21)20-13-6-9-16(24-2)15(18)11-13/h4-9,11,19H,3,10H2,1-2H3,(H,20,21). The summed E-state index contributed by atoms with van der Waals surface area (Å²) < 4.78 is 31.6. The molecule has 134 valence electrons. The summed E-state index contributed by atoms with van der Waals surface area (Å²) in [6, 6.07) is 10.6. The van der Waals surface area contributed by atoms with Gasteiger partial charge in [-0.25, -0.2) is 13.1 Å². The maximum absolute atomic E-state index is 12.3. The molecule has 2 aromatic carbocycles. The number of ether oxygens (including phenoxy) is 1. The maximum Gasteiger partial charge on any atom is 0.255 e. The van der Waals surface area contributed by atoms with Crippen molar-refractivity contribution in [1.29, 1.82) is 0 Å². The number of anilines is 1. The van der Waals surface area contributed by atoms with E-state index in [9.17, 15) is 13.2 Å². The third kappa shape index (κ3) is 4.94. The zero-order valence-electron chi connectivity index (χ0n) is 13.9. The number of benzene rings is 2. The molecule has 0 atom stereocenters. The highest BCUT2D eigenvalue weighted by Gasteiger charge is 2.14. The first-order chi connectivity index (χ1) is 11.9. The molecule has 8 heteroatoms. The van der Waals surface area contributed by atoms with E-state index in [0.29, 0.717) is 35.0 Å². The molecule has 2 aromatic rings. The summed E-state index contributed by atoms with van der Waals surface area (Å²) in [5, 5.41) is 3.08. The Hall–Kier alpha value is -2.09. The highest BCUT2D eigenvalue weighted by atomic mass is 35.5. The summed E-state index contributed by atoms with van der Waals surface area (Å²) in [5.74, 6) is 0.139. The normalized spacial score (nSPS) is 11.2. The van der Waals surface area contributed by atoms with Crippen LogP contribution in [0.25, 0.3) is 0 Å². The third-order valence-electron chi connectivity index (χ3n) is 3.38. The van der Waals surface area contributed by atoms with Crippen LogP contribution in [0.3, 0.4) is 0 Å². The number of hydrogen-bond donors (Lipinski definition) is 2. The Morgan fingerprint density at radius 2 is 1.84 bits per heavy atom. The van der Waals surface area contributed by atoms with E-state index in [1.165, 1.54) is 31.4 Å². The molecule has 0 bridgehead atoms. The van der Waals surface area contributed by atoms with Crippen LogP contribution in [0.4, 0.5) is 5.69 Å². The van der Waals surface area contributed by atoms with Gasteiger partial charge in [0.2, 0.25) is 10.0 Å². The molecule has 0 unspecified atom stereocenters. The van der Waals surface area contributed by atoms with Crippen LogP contribution in [0, 0.1) is 0 Å². The monoisotopic (exact) mass is 382 g/mol. The van der Waals surface area contributed by atoms with E-state index in [0.717, 1.165) is 0 Å². The van der Waals surface area contributed by atoms with Crippen molar-refractivity contribution in [2.75, 3.05) is 19.0 Å². The quantitative estimate of drug-likeness (QED) is 0.769. The molecule has 0 radical (unpaired) electrons. The number of nitrogens with one attached hydrogen (secondary N) is 2. The van der Waals surface area contributed by atoms with Crippen molar-refractivity contribution in [3.05, 3.63) is 53.1 Å². The summed E-state index contributed by atoms with van der Waals surface area (Å²) >= 11 is 6.02. The number of amides is 1. The molecule has 0 aliphatic rings. The Morgan fingerprint density at radius 1 is 1.16 bits per heavy atom. The smallest absolute Gasteiger partial charge is 0.255 e. The van der Waals surface area contributed by atoms with Crippen LogP contribution in [0.1, 0.15) is 23.7 Å². The Morgan fingerprint density at radius 3 is 2.40 bits per heavy atom. The largest absolute Gasteiger partial charge is 0.495 e. The van der Waals surface area contributed by atoms with E-state index in [4.69, 9.17) is 16.3 Å². The lowest BCUT2D eigenvalue weighted by Crippen LogP contribution is -2.24. The lowest BCUT2D eigenvalue weighted by atomic mass is 10.2. The van der Waals surface area contributed by atoms with Crippen LogP contribution in [-0.2, 0) is 10.0 Å². The third-order valence-corrected chi connectivity index (χ3v) is 5.15. The van der Waals surface area contributed by atoms with E-state index in [1.807, 2.05) is 6.92 Å². The summed E-state index contributed by atoms with van der Waals surface area (Å²) in [5.41, 5.74) is 0.846. The second-order valence-corrected chi connectivity index (χ2v) is 7.40. The Kier molecular flexibility index (Phi) is 6.41. The lowest BCUT2D eigenvalue weighted by Gasteiger charge is -2.09. The number of halogens is 1. The van der Waals surface area contributed by atoms with Crippen LogP contribution >= 0.6 is 11.6 Å². The van der Waals surface area contributed by atoms with Gasteiger partial charge in [0.1, 0.15) is 5.75 Å². The van der Waals surface area contributed by atoms with Crippen molar-refractivity contribution in [3.8, 4) is 5.75 Å². The number of hydrogen-bond acceptors (Lipinski definition) is 4. The van der Waals surface area contributed by atoms with Crippen LogP contribution in [0.15, 0.2) is 47.4 Å². The molecule has 25 heavy (non-hydrogen) atoms. The Bertz CT molecular complexity index is 851. The molecule has 1 amide bonds. The van der Waals surface area contributed by atoms with Gasteiger partial charge in [0.25, 0.3) is 5.91 Å². The van der Waals surface area contributed by atoms with Crippen molar-refractivity contribution in [2.24, 2.45) is 0 Å². The molecule has 0 saturated carbocycles. The molecule has 2 N–H and O–H groups in total. The molecule has 0 spiro atoms. The predicted octanol–water partition coefficient (Wildman–Crippen LogP) is 3.29. The summed E-state index contributed by atoms with van der Waals surface area (Å²) in [7, 11) is -2.05. The number of methoxy groups -OCH3 is 1.